The van der Waals surface area contributed by atoms with E-state index in [-0.39, 0.29) is 12.1 Å². The van der Waals surface area contributed by atoms with Gasteiger partial charge < -0.3 is 10.2 Å². The number of carbonyl (C=O) groups is 1. The molecule has 1 aliphatic rings. The summed E-state index contributed by atoms with van der Waals surface area (Å²) in [6, 6.07) is 16.4. The lowest BCUT2D eigenvalue weighted by atomic mass is 10.1. The molecule has 4 heteroatoms. The number of benzene rings is 1. The molecule has 24 heavy (non-hydrogen) atoms. The van der Waals surface area contributed by atoms with Crippen molar-refractivity contribution in [3.05, 3.63) is 66.0 Å². The molecule has 0 spiro atoms. The minimum Gasteiger partial charge on any atom is -0.338 e. The van der Waals surface area contributed by atoms with Crippen LogP contribution < -0.4 is 5.32 Å². The van der Waals surface area contributed by atoms with Gasteiger partial charge in [0.05, 0.1) is 0 Å². The smallest absolute Gasteiger partial charge is 0.317 e. The van der Waals surface area contributed by atoms with Crippen LogP contribution in [0.15, 0.2) is 54.7 Å². The molecule has 126 valence electrons. The molecule has 1 aromatic heterocycles. The maximum Gasteiger partial charge on any atom is 0.317 e. The quantitative estimate of drug-likeness (QED) is 0.845. The van der Waals surface area contributed by atoms with Crippen LogP contribution in [0, 0.1) is 5.92 Å². The summed E-state index contributed by atoms with van der Waals surface area (Å²) < 4.78 is 0. The van der Waals surface area contributed by atoms with Crippen LogP contribution in [-0.4, -0.2) is 28.5 Å². The second-order valence-electron chi connectivity index (χ2n) is 6.49. The molecule has 1 heterocycles. The molecule has 1 aromatic carbocycles. The van der Waals surface area contributed by atoms with Crippen molar-refractivity contribution in [1.29, 1.82) is 0 Å². The Bertz CT molecular complexity index is 640. The van der Waals surface area contributed by atoms with Gasteiger partial charge in [-0.05, 0) is 43.4 Å². The molecule has 1 unspecified atom stereocenters. The number of urea groups is 1. The number of nitrogens with zero attached hydrogens (tertiary/aromatic N) is 2. The maximum absolute atomic E-state index is 12.7. The molecule has 1 fully saturated rings. The van der Waals surface area contributed by atoms with Crippen molar-refractivity contribution in [3.63, 3.8) is 0 Å². The molecule has 1 atom stereocenters. The molecular formula is C20H25N3O. The van der Waals surface area contributed by atoms with E-state index in [1.165, 1.54) is 18.4 Å². The predicted molar refractivity (Wildman–Crippen MR) is 95.5 cm³/mol. The third-order valence-corrected chi connectivity index (χ3v) is 4.64. The van der Waals surface area contributed by atoms with Gasteiger partial charge >= 0.3 is 6.03 Å². The first kappa shape index (κ1) is 16.5. The summed E-state index contributed by atoms with van der Waals surface area (Å²) in [4.78, 5) is 19.0. The lowest BCUT2D eigenvalue weighted by Crippen LogP contribution is -2.46. The fourth-order valence-electron chi connectivity index (χ4n) is 2.96. The number of carbonyl (C=O) groups excluding carboxylic acids is 1. The van der Waals surface area contributed by atoms with Crippen LogP contribution in [0.4, 0.5) is 4.79 Å². The van der Waals surface area contributed by atoms with Gasteiger partial charge in [-0.2, -0.15) is 0 Å². The molecule has 1 N–H and O–H groups in total. The van der Waals surface area contributed by atoms with Crippen molar-refractivity contribution in [2.45, 2.75) is 38.8 Å². The van der Waals surface area contributed by atoms with Crippen LogP contribution in [-0.2, 0) is 13.0 Å². The summed E-state index contributed by atoms with van der Waals surface area (Å²) in [5, 5.41) is 3.06. The third kappa shape index (κ3) is 4.57. The van der Waals surface area contributed by atoms with E-state index in [2.05, 4.69) is 29.4 Å². The van der Waals surface area contributed by atoms with Crippen LogP contribution in [0.3, 0.4) is 0 Å². The average molecular weight is 323 g/mol. The van der Waals surface area contributed by atoms with Crippen molar-refractivity contribution >= 4 is 6.03 Å². The molecule has 0 saturated heterocycles. The Labute approximate surface area is 143 Å². The van der Waals surface area contributed by atoms with Gasteiger partial charge in [-0.1, -0.05) is 36.4 Å². The number of pyridine rings is 1. The molecule has 0 aliphatic heterocycles. The van der Waals surface area contributed by atoms with Gasteiger partial charge in [-0.25, -0.2) is 4.79 Å². The normalized spacial score (nSPS) is 14.9. The van der Waals surface area contributed by atoms with E-state index in [1.807, 2.05) is 41.3 Å². The van der Waals surface area contributed by atoms with Gasteiger partial charge in [-0.15, -0.1) is 0 Å². The molecule has 1 aliphatic carbocycles. The van der Waals surface area contributed by atoms with E-state index < -0.39 is 0 Å². The number of nitrogens with one attached hydrogen (secondary N) is 1. The van der Waals surface area contributed by atoms with E-state index in [0.717, 1.165) is 12.1 Å². The first-order valence-electron chi connectivity index (χ1n) is 8.72. The third-order valence-electron chi connectivity index (χ3n) is 4.64. The maximum atomic E-state index is 12.7. The summed E-state index contributed by atoms with van der Waals surface area (Å²) in [6.07, 6.45) is 5.00. The predicted octanol–water partition coefficient (Wildman–Crippen LogP) is 3.63. The Morgan fingerprint density at radius 3 is 2.62 bits per heavy atom. The van der Waals surface area contributed by atoms with Gasteiger partial charge in [0, 0.05) is 37.4 Å². The number of hydrogen-bond donors (Lipinski definition) is 1. The Kier molecular flexibility index (Phi) is 5.47. The first-order valence-corrected chi connectivity index (χ1v) is 8.72. The largest absolute Gasteiger partial charge is 0.338 e. The second-order valence-corrected chi connectivity index (χ2v) is 6.49. The Hall–Kier alpha value is -2.36. The topological polar surface area (TPSA) is 45.2 Å². The minimum atomic E-state index is 0.0224. The number of amides is 2. The summed E-state index contributed by atoms with van der Waals surface area (Å²) in [7, 11) is 0. The standard InChI is InChI=1S/C20H25N3O/c1-16(18-10-11-18)23(15-17-7-3-2-4-8-17)20(24)22-14-12-19-9-5-6-13-21-19/h2-9,13,16,18H,10-12,14-15H2,1H3,(H,22,24). The molecule has 4 nitrogen and oxygen atoms in total. The SMILES string of the molecule is CC(C1CC1)N(Cc1ccccc1)C(=O)NCCc1ccccn1. The molecule has 2 amide bonds. The highest BCUT2D eigenvalue weighted by Crippen LogP contribution is 2.35. The van der Waals surface area contributed by atoms with E-state index >= 15 is 0 Å². The van der Waals surface area contributed by atoms with Gasteiger partial charge in [-0.3, -0.25) is 4.98 Å². The Balaban J connectivity index is 1.58. The van der Waals surface area contributed by atoms with Crippen LogP contribution in [0.5, 0.6) is 0 Å². The molecule has 0 bridgehead atoms. The molecule has 0 radical (unpaired) electrons. The zero-order valence-corrected chi connectivity index (χ0v) is 14.2. The molecule has 2 aromatic rings. The fourth-order valence-corrected chi connectivity index (χ4v) is 2.96. The van der Waals surface area contributed by atoms with Gasteiger partial charge in [0.2, 0.25) is 0 Å². The number of rotatable bonds is 7. The molecule has 1 saturated carbocycles. The van der Waals surface area contributed by atoms with Crippen LogP contribution >= 0.6 is 0 Å². The van der Waals surface area contributed by atoms with Crippen LogP contribution in [0.2, 0.25) is 0 Å². The van der Waals surface area contributed by atoms with Gasteiger partial charge in [0.1, 0.15) is 0 Å². The van der Waals surface area contributed by atoms with E-state index in [4.69, 9.17) is 0 Å². The summed E-state index contributed by atoms with van der Waals surface area (Å²) >= 11 is 0. The lowest BCUT2D eigenvalue weighted by Gasteiger charge is -2.29. The average Bonchev–Trinajstić information content (AvgIpc) is 3.46. The highest BCUT2D eigenvalue weighted by atomic mass is 16.2. The zero-order chi connectivity index (χ0) is 16.8. The van der Waals surface area contributed by atoms with E-state index in [0.29, 0.717) is 19.0 Å². The second kappa shape index (κ2) is 7.95. The highest BCUT2D eigenvalue weighted by molar-refractivity contribution is 5.74. The van der Waals surface area contributed by atoms with Crippen molar-refractivity contribution in [2.75, 3.05) is 6.54 Å². The number of aromatic nitrogens is 1. The molecular weight excluding hydrogens is 298 g/mol. The Morgan fingerprint density at radius 1 is 1.21 bits per heavy atom. The summed E-state index contributed by atoms with van der Waals surface area (Å²) in [6.45, 7) is 3.44. The minimum absolute atomic E-state index is 0.0224. The van der Waals surface area contributed by atoms with Gasteiger partial charge in [0.25, 0.3) is 0 Å². The van der Waals surface area contributed by atoms with Crippen LogP contribution in [0.25, 0.3) is 0 Å². The summed E-state index contributed by atoms with van der Waals surface area (Å²) in [5.41, 5.74) is 2.17. The number of hydrogen-bond acceptors (Lipinski definition) is 2. The monoisotopic (exact) mass is 323 g/mol. The van der Waals surface area contributed by atoms with Crippen molar-refractivity contribution in [3.8, 4) is 0 Å². The highest BCUT2D eigenvalue weighted by Gasteiger charge is 2.34. The van der Waals surface area contributed by atoms with Crippen LogP contribution in [0.1, 0.15) is 31.0 Å². The fraction of sp³-hybridized carbons (Fsp3) is 0.400. The van der Waals surface area contributed by atoms with Crippen molar-refractivity contribution < 1.29 is 4.79 Å². The Morgan fingerprint density at radius 2 is 1.96 bits per heavy atom. The summed E-state index contributed by atoms with van der Waals surface area (Å²) in [5.74, 6) is 0.648. The first-order chi connectivity index (χ1) is 11.7. The lowest BCUT2D eigenvalue weighted by molar-refractivity contribution is 0.167. The van der Waals surface area contributed by atoms with E-state index in [1.54, 1.807) is 6.20 Å². The van der Waals surface area contributed by atoms with Crippen molar-refractivity contribution in [2.24, 2.45) is 5.92 Å². The van der Waals surface area contributed by atoms with Gasteiger partial charge in [0.15, 0.2) is 0 Å². The van der Waals surface area contributed by atoms with Crippen molar-refractivity contribution in [1.82, 2.24) is 15.2 Å². The van der Waals surface area contributed by atoms with E-state index in [9.17, 15) is 4.79 Å². The zero-order valence-electron chi connectivity index (χ0n) is 14.2. The molecule has 3 rings (SSSR count).